The van der Waals surface area contributed by atoms with Gasteiger partial charge in [-0.25, -0.2) is 4.79 Å². The lowest BCUT2D eigenvalue weighted by Gasteiger charge is -2.14. The second-order valence-electron chi connectivity index (χ2n) is 13.2. The van der Waals surface area contributed by atoms with Gasteiger partial charge < -0.3 is 9.47 Å². The number of rotatable bonds is 25. The summed E-state index contributed by atoms with van der Waals surface area (Å²) in [5.74, 6) is 0.242. The van der Waals surface area contributed by atoms with Gasteiger partial charge in [-0.3, -0.25) is 0 Å². The molecule has 3 aromatic carbocycles. The van der Waals surface area contributed by atoms with Gasteiger partial charge in [-0.15, -0.1) is 0 Å². The van der Waals surface area contributed by atoms with Crippen LogP contribution in [-0.4, -0.2) is 12.6 Å². The average molecular weight is 627 g/mol. The molecule has 3 nitrogen and oxygen atoms in total. The van der Waals surface area contributed by atoms with Crippen LogP contribution in [0.2, 0.25) is 0 Å². The first-order chi connectivity index (χ1) is 22.6. The topological polar surface area (TPSA) is 35.5 Å². The predicted octanol–water partition coefficient (Wildman–Crippen LogP) is 13.3. The summed E-state index contributed by atoms with van der Waals surface area (Å²) in [6.07, 6.45) is 25.1. The number of aryl methyl sites for hydroxylation is 1. The standard InChI is InChI=1S/C43H62O3/c1-4-6-8-10-12-14-15-16-18-20-22-37-23-25-41(26-24-37)43(44)46-42-33-31-40(32-34-42)39-29-27-38(28-30-39)36(3)45-35-21-19-17-13-11-9-7-5-2/h23-34,36H,4-22,35H2,1-3H3. The van der Waals surface area contributed by atoms with Gasteiger partial charge in [0.25, 0.3) is 0 Å². The zero-order valence-corrected chi connectivity index (χ0v) is 29.4. The highest BCUT2D eigenvalue weighted by molar-refractivity contribution is 5.91. The lowest BCUT2D eigenvalue weighted by molar-refractivity contribution is 0.0627. The van der Waals surface area contributed by atoms with Gasteiger partial charge in [-0.2, -0.15) is 0 Å². The minimum Gasteiger partial charge on any atom is -0.423 e. The van der Waals surface area contributed by atoms with E-state index in [1.165, 1.54) is 120 Å². The second kappa shape index (κ2) is 23.4. The normalized spacial score (nSPS) is 11.9. The van der Waals surface area contributed by atoms with Gasteiger partial charge in [0, 0.05) is 6.61 Å². The predicted molar refractivity (Wildman–Crippen MR) is 196 cm³/mol. The Morgan fingerprint density at radius 3 is 1.52 bits per heavy atom. The number of ether oxygens (including phenoxy) is 2. The molecule has 252 valence electrons. The highest BCUT2D eigenvalue weighted by Crippen LogP contribution is 2.26. The van der Waals surface area contributed by atoms with Gasteiger partial charge in [-0.1, -0.05) is 165 Å². The molecule has 1 atom stereocenters. The van der Waals surface area contributed by atoms with E-state index >= 15 is 0 Å². The van der Waals surface area contributed by atoms with Crippen LogP contribution in [0.15, 0.2) is 72.8 Å². The molecule has 3 aromatic rings. The highest BCUT2D eigenvalue weighted by atomic mass is 16.5. The van der Waals surface area contributed by atoms with Crippen molar-refractivity contribution in [1.29, 1.82) is 0 Å². The Balaban J connectivity index is 1.33. The molecule has 0 fully saturated rings. The molecular weight excluding hydrogens is 564 g/mol. The molecule has 0 radical (unpaired) electrons. The van der Waals surface area contributed by atoms with Crippen LogP contribution in [-0.2, 0) is 11.2 Å². The van der Waals surface area contributed by atoms with Crippen LogP contribution in [0.25, 0.3) is 11.1 Å². The van der Waals surface area contributed by atoms with E-state index in [1.54, 1.807) is 0 Å². The smallest absolute Gasteiger partial charge is 0.343 e. The van der Waals surface area contributed by atoms with Crippen LogP contribution < -0.4 is 4.74 Å². The van der Waals surface area contributed by atoms with Gasteiger partial charge in [0.2, 0.25) is 0 Å². The molecule has 0 aliphatic rings. The summed E-state index contributed by atoms with van der Waals surface area (Å²) in [5, 5.41) is 0. The zero-order valence-electron chi connectivity index (χ0n) is 29.4. The molecule has 1 unspecified atom stereocenters. The van der Waals surface area contributed by atoms with E-state index in [0.717, 1.165) is 30.6 Å². The number of esters is 1. The molecule has 0 saturated heterocycles. The van der Waals surface area contributed by atoms with E-state index < -0.39 is 0 Å². The number of benzene rings is 3. The third-order valence-electron chi connectivity index (χ3n) is 9.15. The minimum absolute atomic E-state index is 0.0918. The van der Waals surface area contributed by atoms with Crippen molar-refractivity contribution in [2.24, 2.45) is 0 Å². The summed E-state index contributed by atoms with van der Waals surface area (Å²) in [6.45, 7) is 7.49. The number of unbranched alkanes of at least 4 members (excludes halogenated alkanes) is 16. The minimum atomic E-state index is -0.316. The van der Waals surface area contributed by atoms with Gasteiger partial charge in [0.15, 0.2) is 0 Å². The maximum absolute atomic E-state index is 12.8. The fraction of sp³-hybridized carbons (Fsp3) is 0.558. The molecule has 0 heterocycles. The summed E-state index contributed by atoms with van der Waals surface area (Å²) in [4.78, 5) is 12.8. The van der Waals surface area contributed by atoms with Crippen LogP contribution in [0.3, 0.4) is 0 Å². The molecule has 0 aliphatic heterocycles. The highest BCUT2D eigenvalue weighted by Gasteiger charge is 2.10. The number of carbonyl (C=O) groups is 1. The molecule has 0 N–H and O–H groups in total. The summed E-state index contributed by atoms with van der Waals surface area (Å²) in [7, 11) is 0. The van der Waals surface area contributed by atoms with Crippen molar-refractivity contribution in [2.75, 3.05) is 6.61 Å². The average Bonchev–Trinajstić information content (AvgIpc) is 3.09. The van der Waals surface area contributed by atoms with Crippen molar-refractivity contribution in [3.8, 4) is 16.9 Å². The second-order valence-corrected chi connectivity index (χ2v) is 13.2. The van der Waals surface area contributed by atoms with E-state index in [1.807, 2.05) is 36.4 Å². The first-order valence-corrected chi connectivity index (χ1v) is 18.7. The zero-order chi connectivity index (χ0) is 32.7. The van der Waals surface area contributed by atoms with E-state index in [4.69, 9.17) is 9.47 Å². The Morgan fingerprint density at radius 1 is 0.543 bits per heavy atom. The molecular formula is C43H62O3. The first kappa shape index (κ1) is 37.5. The Morgan fingerprint density at radius 2 is 1.00 bits per heavy atom. The Bertz CT molecular complexity index is 1180. The third-order valence-corrected chi connectivity index (χ3v) is 9.15. The van der Waals surface area contributed by atoms with E-state index in [2.05, 4.69) is 57.2 Å². The number of carbonyl (C=O) groups excluding carboxylic acids is 1. The maximum atomic E-state index is 12.8. The van der Waals surface area contributed by atoms with Crippen molar-refractivity contribution in [1.82, 2.24) is 0 Å². The van der Waals surface area contributed by atoms with Crippen LogP contribution in [0.4, 0.5) is 0 Å². The number of hydrogen-bond donors (Lipinski definition) is 0. The Labute approximate surface area is 281 Å². The lowest BCUT2D eigenvalue weighted by atomic mass is 10.0. The quantitative estimate of drug-likeness (QED) is 0.0533. The fourth-order valence-electron chi connectivity index (χ4n) is 6.04. The van der Waals surface area contributed by atoms with Crippen molar-refractivity contribution < 1.29 is 14.3 Å². The third kappa shape index (κ3) is 15.1. The summed E-state index contributed by atoms with van der Waals surface area (Å²) < 4.78 is 11.8. The van der Waals surface area contributed by atoms with Crippen LogP contribution in [0.1, 0.15) is 164 Å². The molecule has 0 bridgehead atoms. The van der Waals surface area contributed by atoms with Crippen LogP contribution >= 0.6 is 0 Å². The molecule has 46 heavy (non-hydrogen) atoms. The van der Waals surface area contributed by atoms with E-state index in [0.29, 0.717) is 11.3 Å². The van der Waals surface area contributed by atoms with E-state index in [9.17, 15) is 4.79 Å². The summed E-state index contributed by atoms with van der Waals surface area (Å²) in [5.41, 5.74) is 5.30. The SMILES string of the molecule is CCCCCCCCCCCCc1ccc(C(=O)Oc2ccc(-c3ccc(C(C)OCCCCCCCCCC)cc3)cc2)cc1. The monoisotopic (exact) mass is 626 g/mol. The van der Waals surface area contributed by atoms with Gasteiger partial charge >= 0.3 is 5.97 Å². The maximum Gasteiger partial charge on any atom is 0.343 e. The first-order valence-electron chi connectivity index (χ1n) is 18.7. The fourth-order valence-corrected chi connectivity index (χ4v) is 6.04. The number of hydrogen-bond acceptors (Lipinski definition) is 3. The van der Waals surface area contributed by atoms with Gasteiger partial charge in [-0.05, 0) is 72.7 Å². The molecule has 0 amide bonds. The largest absolute Gasteiger partial charge is 0.423 e. The van der Waals surface area contributed by atoms with Crippen molar-refractivity contribution in [3.05, 3.63) is 89.5 Å². The molecule has 0 aromatic heterocycles. The molecule has 0 spiro atoms. The molecule has 3 rings (SSSR count). The van der Waals surface area contributed by atoms with Crippen molar-refractivity contribution >= 4 is 5.97 Å². The van der Waals surface area contributed by atoms with Crippen molar-refractivity contribution in [2.45, 2.75) is 149 Å². The lowest BCUT2D eigenvalue weighted by Crippen LogP contribution is -2.08. The molecule has 3 heteroatoms. The van der Waals surface area contributed by atoms with Gasteiger partial charge in [0.1, 0.15) is 5.75 Å². The Hall–Kier alpha value is -2.91. The van der Waals surface area contributed by atoms with Gasteiger partial charge in [0.05, 0.1) is 11.7 Å². The van der Waals surface area contributed by atoms with Crippen molar-refractivity contribution in [3.63, 3.8) is 0 Å². The summed E-state index contributed by atoms with van der Waals surface area (Å²) in [6, 6.07) is 24.3. The summed E-state index contributed by atoms with van der Waals surface area (Å²) >= 11 is 0. The van der Waals surface area contributed by atoms with E-state index in [-0.39, 0.29) is 12.1 Å². The molecule has 0 aliphatic carbocycles. The molecule has 0 saturated carbocycles. The van der Waals surface area contributed by atoms with Crippen LogP contribution in [0, 0.1) is 0 Å². The Kier molecular flexibility index (Phi) is 19.1. The van der Waals surface area contributed by atoms with Crippen LogP contribution in [0.5, 0.6) is 5.75 Å².